The number of phosphoric acid groups is 1. The van der Waals surface area contributed by atoms with Crippen molar-refractivity contribution in [3.05, 3.63) is 0 Å². The second-order valence-electron chi connectivity index (χ2n) is 6.97. The van der Waals surface area contributed by atoms with E-state index in [1.807, 2.05) is 20.8 Å². The highest BCUT2D eigenvalue weighted by atomic mass is 35.5. The van der Waals surface area contributed by atoms with Crippen molar-refractivity contribution in [2.45, 2.75) is 77.9 Å². The van der Waals surface area contributed by atoms with Crippen LogP contribution >= 0.6 is 31.0 Å². The minimum Gasteiger partial charge on any atom is -0.414 e. The van der Waals surface area contributed by atoms with Gasteiger partial charge in [0, 0.05) is 15.9 Å². The Morgan fingerprint density at radius 2 is 1.62 bits per heavy atom. The average molecular weight is 429 g/mol. The highest BCUT2D eigenvalue weighted by Gasteiger charge is 2.39. The average Bonchev–Trinajstić information content (AvgIpc) is 2.50. The van der Waals surface area contributed by atoms with Crippen LogP contribution in [0.15, 0.2) is 0 Å². The van der Waals surface area contributed by atoms with Gasteiger partial charge < -0.3 is 4.43 Å². The van der Waals surface area contributed by atoms with Crippen LogP contribution in [0.25, 0.3) is 0 Å². The summed E-state index contributed by atoms with van der Waals surface area (Å²) in [7, 11) is -7.73. The molecule has 0 rings (SSSR count). The molecule has 0 heterocycles. The molecular weight excluding hydrogens is 390 g/mol. The van der Waals surface area contributed by atoms with Crippen LogP contribution < -0.4 is 0 Å². The van der Waals surface area contributed by atoms with E-state index in [4.69, 9.17) is 49.4 Å². The van der Waals surface area contributed by atoms with E-state index in [1.54, 1.807) is 13.1 Å². The summed E-state index contributed by atoms with van der Waals surface area (Å²) in [5.41, 5.74) is 0. The first-order valence-electron chi connectivity index (χ1n) is 10.6. The van der Waals surface area contributed by atoms with Crippen molar-refractivity contribution in [3.63, 3.8) is 0 Å². The minimum atomic E-state index is -4.81. The van der Waals surface area contributed by atoms with Gasteiger partial charge in [0.25, 0.3) is 0 Å². The molecule has 0 radical (unpaired) electrons. The highest BCUT2D eigenvalue weighted by Crippen LogP contribution is 2.53. The van der Waals surface area contributed by atoms with Crippen molar-refractivity contribution in [3.8, 4) is 0 Å². The number of rotatable bonds is 11. The third-order valence-electron chi connectivity index (χ3n) is 3.46. The lowest BCUT2D eigenvalue weighted by Crippen LogP contribution is -2.42. The largest absolute Gasteiger partial charge is 0.475 e. The van der Waals surface area contributed by atoms with E-state index in [2.05, 4.69) is 0 Å². The van der Waals surface area contributed by atoms with Gasteiger partial charge in [-0.1, -0.05) is 20.8 Å². The summed E-state index contributed by atoms with van der Waals surface area (Å²) in [6.45, 7) is 5.06. The maximum Gasteiger partial charge on any atom is 0.475 e. The van der Waals surface area contributed by atoms with Crippen molar-refractivity contribution in [2.24, 2.45) is 0 Å². The maximum atomic E-state index is 13.3. The van der Waals surface area contributed by atoms with Gasteiger partial charge >= 0.3 is 7.82 Å². The van der Waals surface area contributed by atoms with E-state index < -0.39 is 52.9 Å². The molecule has 3 atom stereocenters. The lowest BCUT2D eigenvalue weighted by atomic mass is 10.2. The molecule has 0 aromatic rings. The second-order valence-corrected chi connectivity index (χ2v) is 13.8. The number of phosphoric ester groups is 1. The van der Waals surface area contributed by atoms with Crippen LogP contribution in [-0.2, 0) is 22.6 Å². The summed E-state index contributed by atoms with van der Waals surface area (Å²) in [4.78, 5) is 0. The van der Waals surface area contributed by atoms with Crippen molar-refractivity contribution < 1.29 is 30.8 Å². The van der Waals surface area contributed by atoms with Crippen molar-refractivity contribution in [2.75, 3.05) is 18.3 Å². The molecule has 5 nitrogen and oxygen atoms in total. The normalized spacial score (nSPS) is 25.7. The van der Waals surface area contributed by atoms with E-state index >= 15 is 0 Å². The number of hydrogen-bond donors (Lipinski definition) is 0. The monoisotopic (exact) mass is 428 g/mol. The van der Waals surface area contributed by atoms with Gasteiger partial charge in [-0.3, -0.25) is 13.6 Å². The Kier molecular flexibility index (Phi) is 6.79. The van der Waals surface area contributed by atoms with Crippen LogP contribution in [-0.4, -0.2) is 44.9 Å². The van der Waals surface area contributed by atoms with Gasteiger partial charge in [0.15, 0.2) is 8.32 Å². The van der Waals surface area contributed by atoms with Crippen LogP contribution in [0.1, 0.15) is 49.7 Å². The summed E-state index contributed by atoms with van der Waals surface area (Å²) in [6.07, 6.45) is -5.26. The quantitative estimate of drug-likeness (QED) is 0.236. The van der Waals surface area contributed by atoms with E-state index in [0.717, 1.165) is 0 Å². The Hall–Kier alpha value is 0.867. The fourth-order valence-electron chi connectivity index (χ4n) is 1.02. The van der Waals surface area contributed by atoms with Crippen LogP contribution in [0.3, 0.4) is 0 Å². The minimum absolute atomic E-state index is 0.141. The van der Waals surface area contributed by atoms with E-state index in [0.29, 0.717) is 0 Å². The van der Waals surface area contributed by atoms with E-state index in [1.165, 1.54) is 13.8 Å². The zero-order valence-electron chi connectivity index (χ0n) is 21.3. The molecule has 0 fully saturated rings. The van der Waals surface area contributed by atoms with Gasteiger partial charge in [-0.05, 0) is 38.8 Å². The predicted octanol–water partition coefficient (Wildman–Crippen LogP) is 5.81. The smallest absolute Gasteiger partial charge is 0.414 e. The molecule has 0 amide bonds. The van der Waals surface area contributed by atoms with Gasteiger partial charge in [-0.15, -0.1) is 23.2 Å². The first-order valence-corrected chi connectivity index (χ1v) is 13.0. The third-order valence-corrected chi connectivity index (χ3v) is 10.2. The maximum absolute atomic E-state index is 13.3. The van der Waals surface area contributed by atoms with Crippen molar-refractivity contribution in [1.82, 2.24) is 0 Å². The van der Waals surface area contributed by atoms with Crippen molar-refractivity contribution in [1.29, 1.82) is 0 Å². The number of halogens is 2. The summed E-state index contributed by atoms with van der Waals surface area (Å²) in [5, 5.41) is -0.507. The molecule has 146 valence electrons. The van der Waals surface area contributed by atoms with Gasteiger partial charge in [-0.2, -0.15) is 0 Å². The lowest BCUT2D eigenvalue weighted by molar-refractivity contribution is 0.0361. The standard InChI is InChI=1S/C15H33Cl2O5PSi/c1-12(9-16)20-23(18,21-13(2)10-17)22-14(3)11-19-24(7,8)15(4,5)6/h12-14H,9-11H2,1-8H3/i3D3,11D2,14D. The molecule has 0 aromatic heterocycles. The molecule has 0 saturated carbocycles. The van der Waals surface area contributed by atoms with Crippen LogP contribution in [0.2, 0.25) is 18.1 Å². The Bertz CT molecular complexity index is 603. The lowest BCUT2D eigenvalue weighted by Gasteiger charge is -2.37. The number of hydrogen-bond acceptors (Lipinski definition) is 5. The Morgan fingerprint density at radius 3 is 1.96 bits per heavy atom. The second kappa shape index (κ2) is 10.3. The topological polar surface area (TPSA) is 54.0 Å². The fraction of sp³-hybridized carbons (Fsp3) is 1.00. The van der Waals surface area contributed by atoms with Gasteiger partial charge in [0.05, 0.1) is 29.0 Å². The molecule has 0 aliphatic heterocycles. The van der Waals surface area contributed by atoms with E-state index in [9.17, 15) is 4.57 Å². The summed E-state index contributed by atoms with van der Waals surface area (Å²) < 4.78 is 82.7. The first-order chi connectivity index (χ1) is 13.1. The molecule has 0 aliphatic carbocycles. The third kappa shape index (κ3) is 8.99. The van der Waals surface area contributed by atoms with Crippen LogP contribution in [0, 0.1) is 0 Å². The zero-order valence-corrected chi connectivity index (χ0v) is 18.7. The van der Waals surface area contributed by atoms with E-state index in [-0.39, 0.29) is 11.8 Å². The first kappa shape index (κ1) is 15.9. The molecular formula is C15H33Cl2O5PSi. The molecule has 0 spiro atoms. The molecule has 3 unspecified atom stereocenters. The predicted molar refractivity (Wildman–Crippen MR) is 104 cm³/mol. The van der Waals surface area contributed by atoms with Crippen LogP contribution in [0.4, 0.5) is 0 Å². The molecule has 0 aliphatic rings. The highest BCUT2D eigenvalue weighted by molar-refractivity contribution is 7.48. The molecule has 0 N–H and O–H groups in total. The van der Waals surface area contributed by atoms with Gasteiger partial charge in [0.1, 0.15) is 0 Å². The fourth-order valence-corrected chi connectivity index (χ4v) is 3.41. The molecule has 0 bridgehead atoms. The molecule has 0 saturated heterocycles. The van der Waals surface area contributed by atoms with Gasteiger partial charge in [-0.25, -0.2) is 4.57 Å². The Labute approximate surface area is 166 Å². The SMILES string of the molecule is [2H]C([2H])([2H])C([2H])(OP(=O)(OC(C)CCl)OC(C)CCl)C([2H])([2H])O[Si](C)(C)C(C)(C)C. The summed E-state index contributed by atoms with van der Waals surface area (Å²) in [5.74, 6) is -0.282. The summed E-state index contributed by atoms with van der Waals surface area (Å²) >= 11 is 11.4. The Balaban J connectivity index is 6.35. The Morgan fingerprint density at radius 1 is 1.17 bits per heavy atom. The molecule has 24 heavy (non-hydrogen) atoms. The summed E-state index contributed by atoms with van der Waals surface area (Å²) in [6, 6.07) is 0. The molecule has 0 aromatic carbocycles. The van der Waals surface area contributed by atoms with Crippen LogP contribution in [0.5, 0.6) is 0 Å². The number of alkyl halides is 2. The van der Waals surface area contributed by atoms with Gasteiger partial charge in [0.2, 0.25) is 0 Å². The molecule has 9 heteroatoms. The zero-order chi connectivity index (χ0) is 24.4. The van der Waals surface area contributed by atoms with Crippen molar-refractivity contribution >= 4 is 39.3 Å².